The fraction of sp³-hybridized carbons (Fsp3) is 0.435. The van der Waals surface area contributed by atoms with Crippen molar-refractivity contribution in [3.05, 3.63) is 65.7 Å². The molecule has 1 amide bonds. The van der Waals surface area contributed by atoms with Crippen molar-refractivity contribution in [1.82, 2.24) is 4.90 Å². The van der Waals surface area contributed by atoms with E-state index in [1.807, 2.05) is 35.2 Å². The topological polar surface area (TPSA) is 29.5 Å². The maximum absolute atomic E-state index is 13.5. The summed E-state index contributed by atoms with van der Waals surface area (Å²) in [5.41, 5.74) is 1.86. The summed E-state index contributed by atoms with van der Waals surface area (Å²) >= 11 is 7.13. The van der Waals surface area contributed by atoms with Gasteiger partial charge in [-0.1, -0.05) is 49.2 Å². The molecular formula is C23H26ClNO2. The van der Waals surface area contributed by atoms with Gasteiger partial charge in [0.25, 0.3) is 5.91 Å². The number of piperidine rings is 1. The third-order valence-corrected chi connectivity index (χ3v) is 6.88. The number of benzene rings is 2. The molecule has 1 heterocycles. The number of amides is 1. The lowest BCUT2D eigenvalue weighted by Crippen LogP contribution is -2.53. The molecule has 0 unspecified atom stereocenters. The number of nitrogens with zero attached hydrogens (tertiary/aromatic N) is 1. The average Bonchev–Trinajstić information content (AvgIpc) is 2.72. The molecule has 1 aliphatic carbocycles. The average molecular weight is 384 g/mol. The normalized spacial score (nSPS) is 27.7. The second-order valence-corrected chi connectivity index (χ2v) is 8.48. The van der Waals surface area contributed by atoms with Crippen molar-refractivity contribution in [2.45, 2.75) is 43.0 Å². The standard InChI is InChI=1S/C23H26ClNO2/c1-27-19-11-7-10-18(16-19)22(26)25-15-14-23(24)13-6-5-12-20(23)21(25)17-8-3-2-4-9-17/h2-4,7-11,16,20-21H,5-6,12-15H2,1H3/t20-,21+,23-/m1/s1. The monoisotopic (exact) mass is 383 g/mol. The van der Waals surface area contributed by atoms with Crippen LogP contribution in [0, 0.1) is 5.92 Å². The first-order valence-corrected chi connectivity index (χ1v) is 10.2. The Labute approximate surface area is 166 Å². The Bertz CT molecular complexity index is 809. The van der Waals surface area contributed by atoms with E-state index in [0.29, 0.717) is 23.8 Å². The van der Waals surface area contributed by atoms with E-state index in [9.17, 15) is 4.79 Å². The molecule has 2 aliphatic rings. The van der Waals surface area contributed by atoms with Crippen LogP contribution in [-0.4, -0.2) is 29.3 Å². The maximum Gasteiger partial charge on any atom is 0.254 e. The van der Waals surface area contributed by atoms with E-state index in [1.54, 1.807) is 7.11 Å². The number of hydrogen-bond donors (Lipinski definition) is 0. The van der Waals surface area contributed by atoms with E-state index < -0.39 is 0 Å². The highest BCUT2D eigenvalue weighted by molar-refractivity contribution is 6.24. The van der Waals surface area contributed by atoms with E-state index in [1.165, 1.54) is 18.4 Å². The fourth-order valence-corrected chi connectivity index (χ4v) is 5.30. The number of fused-ring (bicyclic) bond motifs is 1. The number of methoxy groups -OCH3 is 1. The molecule has 2 aromatic carbocycles. The molecule has 27 heavy (non-hydrogen) atoms. The minimum absolute atomic E-state index is 0.0245. The molecule has 0 bridgehead atoms. The van der Waals surface area contributed by atoms with Gasteiger partial charge < -0.3 is 9.64 Å². The number of rotatable bonds is 3. The highest BCUT2D eigenvalue weighted by atomic mass is 35.5. The van der Waals surface area contributed by atoms with Crippen LogP contribution in [0.3, 0.4) is 0 Å². The second-order valence-electron chi connectivity index (χ2n) is 7.72. The molecule has 0 N–H and O–H groups in total. The zero-order valence-electron chi connectivity index (χ0n) is 15.7. The van der Waals surface area contributed by atoms with Gasteiger partial charge in [0.2, 0.25) is 0 Å². The third kappa shape index (κ3) is 3.45. The summed E-state index contributed by atoms with van der Waals surface area (Å²) in [7, 11) is 1.63. The van der Waals surface area contributed by atoms with E-state index in [-0.39, 0.29) is 16.8 Å². The van der Waals surface area contributed by atoms with Crippen molar-refractivity contribution in [3.8, 4) is 5.75 Å². The molecule has 0 radical (unpaired) electrons. The van der Waals surface area contributed by atoms with Gasteiger partial charge in [0.05, 0.1) is 18.0 Å². The molecule has 4 heteroatoms. The van der Waals surface area contributed by atoms with Gasteiger partial charge in [0.1, 0.15) is 5.75 Å². The van der Waals surface area contributed by atoms with Crippen LogP contribution in [0.5, 0.6) is 5.75 Å². The number of ether oxygens (including phenoxy) is 1. The number of carbonyl (C=O) groups excluding carboxylic acids is 1. The van der Waals surface area contributed by atoms with Gasteiger partial charge >= 0.3 is 0 Å². The highest BCUT2D eigenvalue weighted by Gasteiger charge is 2.50. The molecule has 3 atom stereocenters. The SMILES string of the molecule is COc1cccc(C(=O)N2CC[C@]3(Cl)CCCC[C@@H]3[C@@H]2c2ccccc2)c1. The Morgan fingerprint density at radius 3 is 2.70 bits per heavy atom. The highest BCUT2D eigenvalue weighted by Crippen LogP contribution is 2.52. The maximum atomic E-state index is 13.5. The van der Waals surface area contributed by atoms with Crippen LogP contribution in [0.4, 0.5) is 0 Å². The van der Waals surface area contributed by atoms with Crippen molar-refractivity contribution < 1.29 is 9.53 Å². The van der Waals surface area contributed by atoms with Gasteiger partial charge in [-0.25, -0.2) is 0 Å². The molecule has 0 spiro atoms. The lowest BCUT2D eigenvalue weighted by atomic mass is 9.68. The number of carbonyl (C=O) groups is 1. The van der Waals surface area contributed by atoms with Crippen LogP contribution in [0.25, 0.3) is 0 Å². The first kappa shape index (κ1) is 18.4. The van der Waals surface area contributed by atoms with Gasteiger partial charge in [-0.3, -0.25) is 4.79 Å². The summed E-state index contributed by atoms with van der Waals surface area (Å²) in [4.78, 5) is 15.3. The Morgan fingerprint density at radius 2 is 1.93 bits per heavy atom. The summed E-state index contributed by atoms with van der Waals surface area (Å²) in [6, 6.07) is 17.9. The summed E-state index contributed by atoms with van der Waals surface area (Å²) in [6.45, 7) is 0.690. The number of likely N-dealkylation sites (tertiary alicyclic amines) is 1. The van der Waals surface area contributed by atoms with Crippen molar-refractivity contribution in [3.63, 3.8) is 0 Å². The second kappa shape index (κ2) is 7.55. The first-order chi connectivity index (χ1) is 13.1. The molecule has 2 fully saturated rings. The van der Waals surface area contributed by atoms with E-state index >= 15 is 0 Å². The summed E-state index contributed by atoms with van der Waals surface area (Å²) < 4.78 is 5.31. The van der Waals surface area contributed by atoms with Gasteiger partial charge in [-0.05, 0) is 43.0 Å². The quantitative estimate of drug-likeness (QED) is 0.659. The predicted octanol–water partition coefficient (Wildman–Crippen LogP) is 5.45. The molecule has 1 aliphatic heterocycles. The summed E-state index contributed by atoms with van der Waals surface area (Å²) in [6.07, 6.45) is 5.35. The zero-order valence-corrected chi connectivity index (χ0v) is 16.5. The number of hydrogen-bond acceptors (Lipinski definition) is 2. The largest absolute Gasteiger partial charge is 0.497 e. The molecule has 142 valence electrons. The van der Waals surface area contributed by atoms with Crippen molar-refractivity contribution >= 4 is 17.5 Å². The van der Waals surface area contributed by atoms with Crippen LogP contribution in [0.1, 0.15) is 54.1 Å². The van der Waals surface area contributed by atoms with Crippen molar-refractivity contribution in [1.29, 1.82) is 0 Å². The van der Waals surface area contributed by atoms with Crippen LogP contribution in [-0.2, 0) is 0 Å². The van der Waals surface area contributed by atoms with Crippen LogP contribution in [0.15, 0.2) is 54.6 Å². The van der Waals surface area contributed by atoms with Gasteiger partial charge in [0, 0.05) is 18.0 Å². The Hall–Kier alpha value is -2.00. The van der Waals surface area contributed by atoms with Gasteiger partial charge in [-0.2, -0.15) is 0 Å². The van der Waals surface area contributed by atoms with Crippen LogP contribution >= 0.6 is 11.6 Å². The van der Waals surface area contributed by atoms with E-state index in [4.69, 9.17) is 16.3 Å². The molecule has 0 aromatic heterocycles. The predicted molar refractivity (Wildman–Crippen MR) is 108 cm³/mol. The van der Waals surface area contributed by atoms with Crippen molar-refractivity contribution in [2.75, 3.05) is 13.7 Å². The number of halogens is 1. The Balaban J connectivity index is 1.73. The molecular weight excluding hydrogens is 358 g/mol. The van der Waals surface area contributed by atoms with E-state index in [0.717, 1.165) is 19.3 Å². The van der Waals surface area contributed by atoms with Crippen LogP contribution in [0.2, 0.25) is 0 Å². The number of alkyl halides is 1. The lowest BCUT2D eigenvalue weighted by molar-refractivity contribution is 0.0279. The lowest BCUT2D eigenvalue weighted by Gasteiger charge is -2.52. The molecule has 1 saturated heterocycles. The summed E-state index contributed by atoms with van der Waals surface area (Å²) in [5.74, 6) is 1.06. The third-order valence-electron chi connectivity index (χ3n) is 6.23. The minimum Gasteiger partial charge on any atom is -0.497 e. The Kier molecular flexibility index (Phi) is 5.14. The molecule has 2 aromatic rings. The fourth-order valence-electron chi connectivity index (χ4n) is 4.85. The smallest absolute Gasteiger partial charge is 0.254 e. The molecule has 3 nitrogen and oxygen atoms in total. The summed E-state index contributed by atoms with van der Waals surface area (Å²) in [5, 5.41) is 0. The van der Waals surface area contributed by atoms with Crippen molar-refractivity contribution in [2.24, 2.45) is 5.92 Å². The van der Waals surface area contributed by atoms with Crippen LogP contribution < -0.4 is 4.74 Å². The molecule has 1 saturated carbocycles. The van der Waals surface area contributed by atoms with E-state index in [2.05, 4.69) is 24.3 Å². The Morgan fingerprint density at radius 1 is 1.11 bits per heavy atom. The van der Waals surface area contributed by atoms with Gasteiger partial charge in [0.15, 0.2) is 0 Å². The first-order valence-electron chi connectivity index (χ1n) is 9.81. The minimum atomic E-state index is -0.191. The zero-order chi connectivity index (χ0) is 18.9. The van der Waals surface area contributed by atoms with Gasteiger partial charge in [-0.15, -0.1) is 11.6 Å². The molecule has 4 rings (SSSR count).